The van der Waals surface area contributed by atoms with Crippen LogP contribution in [0.25, 0.3) is 32.8 Å². The van der Waals surface area contributed by atoms with Crippen LogP contribution in [0, 0.1) is 0 Å². The summed E-state index contributed by atoms with van der Waals surface area (Å²) in [6.45, 7) is 5.99. The van der Waals surface area contributed by atoms with Crippen molar-refractivity contribution in [2.45, 2.75) is 64.1 Å². The van der Waals surface area contributed by atoms with Gasteiger partial charge in [-0.2, -0.15) is 4.98 Å². The Bertz CT molecular complexity index is 2420. The number of aromatic amines is 1. The Morgan fingerprint density at radius 1 is 0.915 bits per heavy atom. The number of H-pyrrole nitrogens is 1. The number of hydrogen-bond acceptors (Lipinski definition) is 11. The number of carbonyl (C=O) groups is 1. The first-order chi connectivity index (χ1) is 28.5. The van der Waals surface area contributed by atoms with Crippen LogP contribution >= 0.6 is 7.44 Å². The maximum absolute atomic E-state index is 14.6. The summed E-state index contributed by atoms with van der Waals surface area (Å²) in [7, 11) is -0.0524. The maximum Gasteiger partial charge on any atom is 0.280 e. The molecule has 4 atom stereocenters. The smallest absolute Gasteiger partial charge is 0.280 e. The molecule has 16 nitrogen and oxygen atoms in total. The van der Waals surface area contributed by atoms with Crippen molar-refractivity contribution < 1.29 is 18.8 Å². The van der Waals surface area contributed by atoms with Gasteiger partial charge >= 0.3 is 0 Å². The highest BCUT2D eigenvalue weighted by Gasteiger charge is 2.33. The Hall–Kier alpha value is -5.70. The number of methoxy groups -OCH3 is 2. The molecule has 59 heavy (non-hydrogen) atoms. The van der Waals surface area contributed by atoms with E-state index in [9.17, 15) is 14.2 Å². The van der Waals surface area contributed by atoms with Crippen molar-refractivity contribution in [2.24, 2.45) is 0 Å². The fourth-order valence-corrected chi connectivity index (χ4v) is 9.74. The summed E-state index contributed by atoms with van der Waals surface area (Å²) >= 11 is 0. The monoisotopic (exact) mass is 823 g/mol. The standard InChI is InChI=1S/C42H54N11O5P/c1-27(48-35-22-32(57-3)20-29-12-5-6-14-34(29)35)10-7-17-46-59(56,47-18-8-11-28(2)49-36-23-33(58-4)21-30-13-9-16-44-38(30)36)25-37(54)52-19-15-31(24-52)53-26-45-39-40(53)50-42(43)51-41(39)55/h5-6,9,12-14,16,20-23,26-28,31,48-49H,7-8,10-11,15,17-19,24-25H2,1-4H3,(H2,46,47,56)(H3,43,50,51,55)/t27?,28?,31-,59?/m0/s1. The van der Waals surface area contributed by atoms with Gasteiger partial charge in [-0.05, 0) is 69.5 Å². The molecule has 4 heterocycles. The van der Waals surface area contributed by atoms with Gasteiger partial charge in [-0.25, -0.2) is 4.98 Å². The fourth-order valence-electron chi connectivity index (χ4n) is 7.79. The lowest BCUT2D eigenvalue weighted by atomic mass is 10.1. The zero-order valence-corrected chi connectivity index (χ0v) is 34.9. The van der Waals surface area contributed by atoms with E-state index in [4.69, 9.17) is 15.2 Å². The lowest BCUT2D eigenvalue weighted by Crippen LogP contribution is -2.36. The number of nitrogen functional groups attached to an aromatic ring is 1. The van der Waals surface area contributed by atoms with Crippen LogP contribution in [0.1, 0.15) is 52.0 Å². The number of likely N-dealkylation sites (tertiary alicyclic amines) is 1. The van der Waals surface area contributed by atoms with Gasteiger partial charge in [-0.3, -0.25) is 34.3 Å². The highest BCUT2D eigenvalue weighted by Crippen LogP contribution is 2.38. The predicted octanol–water partition coefficient (Wildman–Crippen LogP) is 6.13. The number of amides is 1. The zero-order chi connectivity index (χ0) is 41.5. The summed E-state index contributed by atoms with van der Waals surface area (Å²) < 4.78 is 27.5. The van der Waals surface area contributed by atoms with Crippen LogP contribution in [0.5, 0.6) is 11.5 Å². The molecule has 17 heteroatoms. The second-order valence-corrected chi connectivity index (χ2v) is 17.7. The molecule has 7 rings (SSSR count). The minimum Gasteiger partial charge on any atom is -0.497 e. The van der Waals surface area contributed by atoms with E-state index in [1.54, 1.807) is 36.2 Å². The number of rotatable bonds is 19. The van der Waals surface area contributed by atoms with Gasteiger partial charge in [-0.15, -0.1) is 0 Å². The minimum atomic E-state index is -3.37. The molecule has 0 spiro atoms. The summed E-state index contributed by atoms with van der Waals surface area (Å²) in [6, 6.07) is 20.1. The number of nitrogens with zero attached hydrogens (tertiary/aromatic N) is 5. The normalized spacial score (nSPS) is 16.3. The molecule has 0 aliphatic carbocycles. The van der Waals surface area contributed by atoms with E-state index in [1.165, 1.54) is 0 Å². The van der Waals surface area contributed by atoms with E-state index in [2.05, 4.69) is 66.7 Å². The number of benzene rings is 3. The van der Waals surface area contributed by atoms with Gasteiger partial charge in [0.05, 0.1) is 37.8 Å². The largest absolute Gasteiger partial charge is 0.497 e. The van der Waals surface area contributed by atoms with Gasteiger partial charge in [0, 0.05) is 73.1 Å². The number of nitrogens with two attached hydrogens (primary N) is 1. The van der Waals surface area contributed by atoms with Crippen molar-refractivity contribution in [1.29, 1.82) is 0 Å². The number of anilines is 3. The molecule has 7 N–H and O–H groups in total. The SMILES string of the molecule is COc1cc(NC(C)CCCNP(=O)(CC(=O)N2CC[C@H](n3cnc4c(=O)[nH]c(N)nc43)C2)NCCCC(C)Nc2cc(OC)cc3cccnc23)c2ccccc2c1. The molecule has 1 amide bonds. The van der Waals surface area contributed by atoms with E-state index >= 15 is 0 Å². The van der Waals surface area contributed by atoms with E-state index in [1.807, 2.05) is 48.5 Å². The quantitative estimate of drug-likeness (QED) is 0.0402. The highest BCUT2D eigenvalue weighted by atomic mass is 31.2. The Morgan fingerprint density at radius 3 is 2.31 bits per heavy atom. The molecule has 312 valence electrons. The Morgan fingerprint density at radius 2 is 1.58 bits per heavy atom. The molecular weight excluding hydrogens is 770 g/mol. The van der Waals surface area contributed by atoms with Crippen LogP contribution in [-0.4, -0.2) is 94.0 Å². The first kappa shape index (κ1) is 41.5. The Balaban J connectivity index is 0.974. The lowest BCUT2D eigenvalue weighted by Gasteiger charge is -2.25. The Labute approximate surface area is 343 Å². The minimum absolute atomic E-state index is 0.00297. The molecule has 0 radical (unpaired) electrons. The second-order valence-electron chi connectivity index (χ2n) is 15.3. The highest BCUT2D eigenvalue weighted by molar-refractivity contribution is 7.60. The third-order valence-electron chi connectivity index (χ3n) is 10.9. The number of carbonyl (C=O) groups excluding carboxylic acids is 1. The van der Waals surface area contributed by atoms with Crippen LogP contribution < -0.4 is 41.6 Å². The summed E-state index contributed by atoms with van der Waals surface area (Å²) in [5, 5.41) is 17.0. The number of fused-ring (bicyclic) bond motifs is 3. The van der Waals surface area contributed by atoms with Crippen molar-refractivity contribution in [3.8, 4) is 11.5 Å². The van der Waals surface area contributed by atoms with Gasteiger partial charge < -0.3 is 35.3 Å². The van der Waals surface area contributed by atoms with Crippen molar-refractivity contribution in [3.05, 3.63) is 83.5 Å². The van der Waals surface area contributed by atoms with E-state index in [-0.39, 0.29) is 41.7 Å². The third kappa shape index (κ3) is 9.95. The average molecular weight is 824 g/mol. The average Bonchev–Trinajstić information content (AvgIpc) is 3.89. The summed E-state index contributed by atoms with van der Waals surface area (Å²) in [6.07, 6.45) is 6.83. The number of ether oxygens (including phenoxy) is 2. The molecule has 6 aromatic rings. The van der Waals surface area contributed by atoms with Gasteiger partial charge in [-0.1, -0.05) is 30.3 Å². The van der Waals surface area contributed by atoms with Gasteiger partial charge in [0.15, 0.2) is 11.2 Å². The molecule has 1 saturated heterocycles. The molecule has 1 fully saturated rings. The van der Waals surface area contributed by atoms with Crippen molar-refractivity contribution in [3.63, 3.8) is 0 Å². The molecular formula is C42H54N11O5P. The number of imidazole rings is 1. The molecule has 3 aromatic carbocycles. The van der Waals surface area contributed by atoms with E-state index < -0.39 is 13.0 Å². The van der Waals surface area contributed by atoms with Crippen LogP contribution in [-0.2, 0) is 9.36 Å². The first-order valence-electron chi connectivity index (χ1n) is 20.1. The molecule has 3 aromatic heterocycles. The summed E-state index contributed by atoms with van der Waals surface area (Å²) in [5.41, 5.74) is 8.74. The van der Waals surface area contributed by atoms with Crippen molar-refractivity contribution in [2.75, 3.05) is 62.9 Å². The van der Waals surface area contributed by atoms with Gasteiger partial charge in [0.1, 0.15) is 17.7 Å². The van der Waals surface area contributed by atoms with Crippen LogP contribution in [0.15, 0.2) is 78.0 Å². The predicted molar refractivity (Wildman–Crippen MR) is 235 cm³/mol. The van der Waals surface area contributed by atoms with Crippen LogP contribution in [0.4, 0.5) is 17.3 Å². The molecule has 0 saturated carbocycles. The van der Waals surface area contributed by atoms with E-state index in [0.29, 0.717) is 44.7 Å². The van der Waals surface area contributed by atoms with Crippen LogP contribution in [0.3, 0.4) is 0 Å². The lowest BCUT2D eigenvalue weighted by molar-refractivity contribution is -0.127. The van der Waals surface area contributed by atoms with Crippen molar-refractivity contribution >= 4 is 63.5 Å². The second kappa shape index (κ2) is 18.5. The van der Waals surface area contributed by atoms with Crippen LogP contribution in [0.2, 0.25) is 0 Å². The molecule has 3 unspecified atom stereocenters. The van der Waals surface area contributed by atoms with Crippen molar-refractivity contribution in [1.82, 2.24) is 39.6 Å². The number of hydrogen-bond donors (Lipinski definition) is 6. The van der Waals surface area contributed by atoms with Gasteiger partial charge in [0.2, 0.25) is 19.3 Å². The molecule has 1 aliphatic rings. The topological polar surface area (TPSA) is 206 Å². The zero-order valence-electron chi connectivity index (χ0n) is 34.0. The number of pyridine rings is 1. The molecule has 1 aliphatic heterocycles. The number of nitrogens with one attached hydrogen (secondary N) is 5. The summed E-state index contributed by atoms with van der Waals surface area (Å²) in [5.74, 6) is 1.32. The number of aromatic nitrogens is 5. The molecule has 0 bridgehead atoms. The first-order valence-corrected chi connectivity index (χ1v) is 22.0. The maximum atomic E-state index is 14.6. The fraction of sp³-hybridized carbons (Fsp3) is 0.405. The summed E-state index contributed by atoms with van der Waals surface area (Å²) in [4.78, 5) is 43.6. The third-order valence-corrected chi connectivity index (χ3v) is 13.1. The van der Waals surface area contributed by atoms with E-state index in [0.717, 1.165) is 63.8 Å². The Kier molecular flexibility index (Phi) is 13.0. The van der Waals surface area contributed by atoms with Gasteiger partial charge in [0.25, 0.3) is 5.56 Å².